The van der Waals surface area contributed by atoms with Gasteiger partial charge in [-0.25, -0.2) is 9.48 Å². The molecule has 1 aromatic carbocycles. The summed E-state index contributed by atoms with van der Waals surface area (Å²) in [5.74, 6) is -0.507. The van der Waals surface area contributed by atoms with Gasteiger partial charge in [-0.2, -0.15) is 10.1 Å². The highest BCUT2D eigenvalue weighted by Crippen LogP contribution is 2.37. The molecule has 2 aromatic rings. The Morgan fingerprint density at radius 2 is 2.17 bits per heavy atom. The molecular weight excluding hydrogens is 300 g/mol. The van der Waals surface area contributed by atoms with Crippen molar-refractivity contribution in [3.8, 4) is 11.5 Å². The normalized spacial score (nSPS) is 16.7. The molecular formula is C15H16N4O4. The summed E-state index contributed by atoms with van der Waals surface area (Å²) in [6.07, 6.45) is 1.37. The number of allylic oxidation sites excluding steroid dienone is 1. The van der Waals surface area contributed by atoms with Gasteiger partial charge < -0.3 is 20.3 Å². The number of rotatable bonds is 3. The first-order valence-corrected chi connectivity index (χ1v) is 7.09. The van der Waals surface area contributed by atoms with Gasteiger partial charge in [-0.3, -0.25) is 0 Å². The number of anilines is 1. The van der Waals surface area contributed by atoms with E-state index in [2.05, 4.69) is 15.4 Å². The van der Waals surface area contributed by atoms with Crippen LogP contribution in [-0.4, -0.2) is 37.6 Å². The molecule has 1 aliphatic rings. The molecule has 23 heavy (non-hydrogen) atoms. The fourth-order valence-electron chi connectivity index (χ4n) is 2.58. The highest BCUT2D eigenvalue weighted by molar-refractivity contribution is 5.92. The first kappa shape index (κ1) is 14.9. The topological polar surface area (TPSA) is 110 Å². The second kappa shape index (κ2) is 5.64. The molecule has 1 atom stereocenters. The smallest absolute Gasteiger partial charge is 0.338 e. The minimum Gasteiger partial charge on any atom is -0.504 e. The van der Waals surface area contributed by atoms with Crippen LogP contribution in [0.2, 0.25) is 0 Å². The molecule has 0 saturated heterocycles. The Kier molecular flexibility index (Phi) is 3.65. The van der Waals surface area contributed by atoms with Gasteiger partial charge in [0.05, 0.1) is 12.2 Å². The summed E-state index contributed by atoms with van der Waals surface area (Å²) in [5.41, 5.74) is 1.55. The number of nitrogens with zero attached hydrogens (tertiary/aromatic N) is 3. The second-order valence-electron chi connectivity index (χ2n) is 5.06. The van der Waals surface area contributed by atoms with Crippen molar-refractivity contribution in [1.29, 1.82) is 0 Å². The highest BCUT2D eigenvalue weighted by Gasteiger charge is 2.34. The summed E-state index contributed by atoms with van der Waals surface area (Å²) in [6.45, 7) is 3.72. The van der Waals surface area contributed by atoms with Crippen LogP contribution in [0.3, 0.4) is 0 Å². The maximum absolute atomic E-state index is 12.4. The second-order valence-corrected chi connectivity index (χ2v) is 5.06. The molecule has 0 bridgehead atoms. The number of nitrogens with one attached hydrogen (secondary N) is 1. The minimum atomic E-state index is -0.612. The summed E-state index contributed by atoms with van der Waals surface area (Å²) < 4.78 is 6.67. The maximum Gasteiger partial charge on any atom is 0.338 e. The van der Waals surface area contributed by atoms with Gasteiger partial charge >= 0.3 is 5.97 Å². The Bertz CT molecular complexity index is 797. The van der Waals surface area contributed by atoms with Crippen molar-refractivity contribution < 1.29 is 19.7 Å². The number of carbonyl (C=O) groups excluding carboxylic acids is 1. The molecule has 0 saturated carbocycles. The first-order chi connectivity index (χ1) is 11.0. The van der Waals surface area contributed by atoms with Crippen molar-refractivity contribution in [1.82, 2.24) is 14.8 Å². The van der Waals surface area contributed by atoms with Crippen molar-refractivity contribution in [3.63, 3.8) is 0 Å². The predicted molar refractivity (Wildman–Crippen MR) is 80.9 cm³/mol. The van der Waals surface area contributed by atoms with Crippen LogP contribution in [0, 0.1) is 0 Å². The molecule has 120 valence electrons. The van der Waals surface area contributed by atoms with Gasteiger partial charge in [-0.1, -0.05) is 6.07 Å². The number of aromatic nitrogens is 3. The van der Waals surface area contributed by atoms with Crippen molar-refractivity contribution in [2.45, 2.75) is 19.9 Å². The molecule has 1 aliphatic heterocycles. The molecule has 1 aromatic heterocycles. The molecule has 0 unspecified atom stereocenters. The van der Waals surface area contributed by atoms with Gasteiger partial charge in [0.1, 0.15) is 12.4 Å². The number of benzene rings is 1. The number of hydrogen-bond donors (Lipinski definition) is 3. The van der Waals surface area contributed by atoms with E-state index in [0.29, 0.717) is 22.8 Å². The summed E-state index contributed by atoms with van der Waals surface area (Å²) in [4.78, 5) is 16.5. The van der Waals surface area contributed by atoms with E-state index in [-0.39, 0.29) is 18.1 Å². The Morgan fingerprint density at radius 1 is 1.39 bits per heavy atom. The summed E-state index contributed by atoms with van der Waals surface area (Å²) in [6, 6.07) is 3.76. The standard InChI is InChI=1S/C15H16N4O4/c1-3-23-14(22)12-8(2)18-15-16-7-17-19(15)13(12)9-4-5-10(20)11(21)6-9/h4-7,13,20-21H,3H2,1-2H3,(H,16,17,18)/t13-/m1/s1. The first-order valence-electron chi connectivity index (χ1n) is 7.09. The average Bonchev–Trinajstić information content (AvgIpc) is 2.96. The molecule has 0 amide bonds. The van der Waals surface area contributed by atoms with Crippen LogP contribution in [-0.2, 0) is 9.53 Å². The molecule has 0 fully saturated rings. The quantitative estimate of drug-likeness (QED) is 0.582. The number of carbonyl (C=O) groups is 1. The Labute approximate surface area is 132 Å². The molecule has 8 nitrogen and oxygen atoms in total. The van der Waals surface area contributed by atoms with Crippen LogP contribution in [0.15, 0.2) is 35.8 Å². The monoisotopic (exact) mass is 316 g/mol. The Balaban J connectivity index is 2.16. The number of esters is 1. The van der Waals surface area contributed by atoms with Crippen molar-refractivity contribution in [2.24, 2.45) is 0 Å². The maximum atomic E-state index is 12.4. The third kappa shape index (κ3) is 2.48. The zero-order chi connectivity index (χ0) is 16.6. The third-order valence-electron chi connectivity index (χ3n) is 3.60. The van der Waals surface area contributed by atoms with Crippen molar-refractivity contribution >= 4 is 11.9 Å². The number of ether oxygens (including phenoxy) is 1. The van der Waals surface area contributed by atoms with Crippen molar-refractivity contribution in [2.75, 3.05) is 11.9 Å². The van der Waals surface area contributed by atoms with Gasteiger partial charge in [0.25, 0.3) is 0 Å². The lowest BCUT2D eigenvalue weighted by molar-refractivity contribution is -0.139. The van der Waals surface area contributed by atoms with Gasteiger partial charge in [0.15, 0.2) is 11.5 Å². The van der Waals surface area contributed by atoms with E-state index < -0.39 is 12.0 Å². The van der Waals surface area contributed by atoms with Gasteiger partial charge in [0, 0.05) is 5.70 Å². The van der Waals surface area contributed by atoms with E-state index in [9.17, 15) is 15.0 Å². The fourth-order valence-corrected chi connectivity index (χ4v) is 2.58. The van der Waals surface area contributed by atoms with E-state index in [1.807, 2.05) is 0 Å². The predicted octanol–water partition coefficient (Wildman–Crippen LogP) is 1.54. The number of phenols is 2. The lowest BCUT2D eigenvalue weighted by Gasteiger charge is -2.28. The molecule has 3 N–H and O–H groups in total. The molecule has 0 aliphatic carbocycles. The lowest BCUT2D eigenvalue weighted by Crippen LogP contribution is -2.29. The van der Waals surface area contributed by atoms with Gasteiger partial charge in [0.2, 0.25) is 5.95 Å². The summed E-state index contributed by atoms with van der Waals surface area (Å²) >= 11 is 0. The molecule has 0 radical (unpaired) electrons. The van der Waals surface area contributed by atoms with Crippen LogP contribution >= 0.6 is 0 Å². The lowest BCUT2D eigenvalue weighted by atomic mass is 9.95. The largest absolute Gasteiger partial charge is 0.504 e. The third-order valence-corrected chi connectivity index (χ3v) is 3.60. The van der Waals surface area contributed by atoms with E-state index in [1.165, 1.54) is 23.1 Å². The number of aromatic hydroxyl groups is 2. The van der Waals surface area contributed by atoms with E-state index in [0.717, 1.165) is 0 Å². The summed E-state index contributed by atoms with van der Waals surface area (Å²) in [7, 11) is 0. The zero-order valence-electron chi connectivity index (χ0n) is 12.6. The van der Waals surface area contributed by atoms with Crippen LogP contribution in [0.4, 0.5) is 5.95 Å². The number of fused-ring (bicyclic) bond motifs is 1. The minimum absolute atomic E-state index is 0.236. The van der Waals surface area contributed by atoms with Gasteiger partial charge in [-0.05, 0) is 31.5 Å². The van der Waals surface area contributed by atoms with Crippen LogP contribution < -0.4 is 5.32 Å². The average molecular weight is 316 g/mol. The Hall–Kier alpha value is -3.03. The Morgan fingerprint density at radius 3 is 2.87 bits per heavy atom. The van der Waals surface area contributed by atoms with Crippen molar-refractivity contribution in [3.05, 3.63) is 41.4 Å². The summed E-state index contributed by atoms with van der Waals surface area (Å²) in [5, 5.41) is 26.5. The van der Waals surface area contributed by atoms with Gasteiger partial charge in [-0.15, -0.1) is 0 Å². The SMILES string of the molecule is CCOC(=O)C1=C(C)Nc2ncnn2[C@@H]1c1ccc(O)c(O)c1. The molecule has 8 heteroatoms. The van der Waals surface area contributed by atoms with E-state index in [1.54, 1.807) is 19.9 Å². The number of phenolic OH excluding ortho intramolecular Hbond substituents is 2. The highest BCUT2D eigenvalue weighted by atomic mass is 16.5. The molecule has 0 spiro atoms. The van der Waals surface area contributed by atoms with E-state index in [4.69, 9.17) is 4.74 Å². The molecule has 3 rings (SSSR count). The molecule has 2 heterocycles. The van der Waals surface area contributed by atoms with Crippen LogP contribution in [0.5, 0.6) is 11.5 Å². The zero-order valence-corrected chi connectivity index (χ0v) is 12.6. The van der Waals surface area contributed by atoms with Crippen LogP contribution in [0.25, 0.3) is 0 Å². The van der Waals surface area contributed by atoms with Crippen LogP contribution in [0.1, 0.15) is 25.5 Å². The fraction of sp³-hybridized carbons (Fsp3) is 0.267. The van der Waals surface area contributed by atoms with E-state index >= 15 is 0 Å². The number of hydrogen-bond acceptors (Lipinski definition) is 7.